The van der Waals surface area contributed by atoms with Gasteiger partial charge in [0, 0.05) is 26.2 Å². The molecule has 26 heavy (non-hydrogen) atoms. The summed E-state index contributed by atoms with van der Waals surface area (Å²) in [6, 6.07) is -0.0110. The Bertz CT molecular complexity index is 625. The minimum absolute atomic E-state index is 0.0110. The van der Waals surface area contributed by atoms with E-state index in [0.717, 1.165) is 63.1 Å². The van der Waals surface area contributed by atoms with Gasteiger partial charge >= 0.3 is 0 Å². The van der Waals surface area contributed by atoms with Crippen LogP contribution in [0, 0.1) is 5.92 Å². The van der Waals surface area contributed by atoms with Crippen LogP contribution in [-0.4, -0.2) is 64.3 Å². The number of hydrogen-bond acceptors (Lipinski definition) is 5. The maximum atomic E-state index is 12.2. The molecule has 2 aliphatic rings. The molecule has 7 heteroatoms. The van der Waals surface area contributed by atoms with Crippen molar-refractivity contribution >= 4 is 11.8 Å². The van der Waals surface area contributed by atoms with Gasteiger partial charge in [-0.2, -0.15) is 0 Å². The number of likely N-dealkylation sites (N-methyl/N-ethyl adjacent to an activating group) is 1. The van der Waals surface area contributed by atoms with Crippen LogP contribution < -0.4 is 5.32 Å². The molecule has 3 rings (SSSR count). The summed E-state index contributed by atoms with van der Waals surface area (Å²) in [5.41, 5.74) is 1.77. The van der Waals surface area contributed by atoms with Crippen LogP contribution in [0.1, 0.15) is 44.0 Å². The van der Waals surface area contributed by atoms with Gasteiger partial charge in [-0.3, -0.25) is 24.5 Å². The first-order valence-corrected chi connectivity index (χ1v) is 9.56. The van der Waals surface area contributed by atoms with Crippen LogP contribution in [0.3, 0.4) is 0 Å². The zero-order valence-electron chi connectivity index (χ0n) is 15.8. The summed E-state index contributed by atoms with van der Waals surface area (Å²) in [6.45, 7) is 4.72. The highest BCUT2D eigenvalue weighted by atomic mass is 16.2. The van der Waals surface area contributed by atoms with E-state index in [0.29, 0.717) is 12.5 Å². The summed E-state index contributed by atoms with van der Waals surface area (Å²) in [4.78, 5) is 36.6. The Morgan fingerprint density at radius 1 is 1.12 bits per heavy atom. The molecule has 0 spiro atoms. The van der Waals surface area contributed by atoms with Crippen molar-refractivity contribution in [3.8, 4) is 0 Å². The van der Waals surface area contributed by atoms with Gasteiger partial charge in [0.2, 0.25) is 11.8 Å². The molecule has 2 fully saturated rings. The van der Waals surface area contributed by atoms with Crippen molar-refractivity contribution in [2.75, 3.05) is 26.7 Å². The fraction of sp³-hybridized carbons (Fsp3) is 0.684. The van der Waals surface area contributed by atoms with Crippen LogP contribution in [0.15, 0.2) is 12.4 Å². The van der Waals surface area contributed by atoms with E-state index < -0.39 is 0 Å². The summed E-state index contributed by atoms with van der Waals surface area (Å²) in [5, 5.41) is 2.97. The first-order valence-electron chi connectivity index (χ1n) is 9.56. The minimum Gasteiger partial charge on any atom is -0.349 e. The Hall–Kier alpha value is -2.02. The maximum Gasteiger partial charge on any atom is 0.237 e. The number of nitrogens with zero attached hydrogens (tertiary/aromatic N) is 4. The molecule has 1 aromatic heterocycles. The Labute approximate surface area is 155 Å². The van der Waals surface area contributed by atoms with Crippen LogP contribution in [0.4, 0.5) is 0 Å². The molecule has 0 saturated carbocycles. The number of nitrogens with one attached hydrogen (secondary N) is 1. The minimum atomic E-state index is -0.0110. The highest BCUT2D eigenvalue weighted by molar-refractivity contribution is 5.81. The molecule has 1 aromatic rings. The average molecular weight is 359 g/mol. The number of likely N-dealkylation sites (tertiary alicyclic amines) is 2. The molecular formula is C19H29N5O2. The second-order valence-corrected chi connectivity index (χ2v) is 7.51. The van der Waals surface area contributed by atoms with Crippen LogP contribution in [0.25, 0.3) is 0 Å². The molecule has 0 unspecified atom stereocenters. The second-order valence-electron chi connectivity index (χ2n) is 7.51. The van der Waals surface area contributed by atoms with Crippen LogP contribution in [0.5, 0.6) is 0 Å². The van der Waals surface area contributed by atoms with Gasteiger partial charge in [0.15, 0.2) is 0 Å². The molecule has 0 aromatic carbocycles. The lowest BCUT2D eigenvalue weighted by molar-refractivity contribution is -0.130. The van der Waals surface area contributed by atoms with E-state index in [1.807, 2.05) is 18.1 Å². The highest BCUT2D eigenvalue weighted by Crippen LogP contribution is 2.20. The third-order valence-electron chi connectivity index (χ3n) is 5.58. The summed E-state index contributed by atoms with van der Waals surface area (Å²) in [7, 11) is 1.99. The summed E-state index contributed by atoms with van der Waals surface area (Å²) < 4.78 is 0. The Morgan fingerprint density at radius 2 is 1.81 bits per heavy atom. The van der Waals surface area contributed by atoms with E-state index in [1.165, 1.54) is 0 Å². The highest BCUT2D eigenvalue weighted by Gasteiger charge is 2.27. The van der Waals surface area contributed by atoms with Gasteiger partial charge in [-0.1, -0.05) is 0 Å². The predicted octanol–water partition coefficient (Wildman–Crippen LogP) is 0.988. The molecule has 0 radical (unpaired) electrons. The maximum absolute atomic E-state index is 12.2. The van der Waals surface area contributed by atoms with Crippen molar-refractivity contribution in [2.24, 2.45) is 5.92 Å². The molecule has 2 saturated heterocycles. The smallest absolute Gasteiger partial charge is 0.237 e. The standard InChI is InChI=1S/C19H29N5O2/c1-14(25)24-8-5-15(6-9-24)10-16-11-21-17(12-20-16)13-22-19(26)18-4-3-7-23(18)2/h11-12,15,18H,3-10,13H2,1-2H3,(H,22,26)/t18-/m1/s1. The predicted molar refractivity (Wildman–Crippen MR) is 98.2 cm³/mol. The normalized spacial score (nSPS) is 21.8. The van der Waals surface area contributed by atoms with E-state index in [4.69, 9.17) is 0 Å². The van der Waals surface area contributed by atoms with Gasteiger partial charge in [0.1, 0.15) is 0 Å². The number of aromatic nitrogens is 2. The topological polar surface area (TPSA) is 78.4 Å². The fourth-order valence-electron chi connectivity index (χ4n) is 3.86. The Balaban J connectivity index is 1.43. The van der Waals surface area contributed by atoms with Crippen molar-refractivity contribution in [1.29, 1.82) is 0 Å². The van der Waals surface area contributed by atoms with Crippen molar-refractivity contribution < 1.29 is 9.59 Å². The van der Waals surface area contributed by atoms with E-state index >= 15 is 0 Å². The van der Waals surface area contributed by atoms with E-state index in [9.17, 15) is 9.59 Å². The molecule has 0 aliphatic carbocycles. The van der Waals surface area contributed by atoms with Crippen molar-refractivity contribution in [3.05, 3.63) is 23.8 Å². The largest absolute Gasteiger partial charge is 0.349 e. The molecule has 2 aliphatic heterocycles. The number of amides is 2. The molecule has 7 nitrogen and oxygen atoms in total. The van der Waals surface area contributed by atoms with Crippen LogP contribution in [0.2, 0.25) is 0 Å². The lowest BCUT2D eigenvalue weighted by Crippen LogP contribution is -2.41. The molecule has 2 amide bonds. The number of carbonyl (C=O) groups is 2. The first-order chi connectivity index (χ1) is 12.5. The Morgan fingerprint density at radius 3 is 2.38 bits per heavy atom. The quantitative estimate of drug-likeness (QED) is 0.848. The summed E-state index contributed by atoms with van der Waals surface area (Å²) in [5.74, 6) is 0.801. The van der Waals surface area contributed by atoms with Crippen LogP contribution >= 0.6 is 0 Å². The SMILES string of the molecule is CC(=O)N1CCC(Cc2cnc(CNC(=O)[C@H]3CCCN3C)cn2)CC1. The second kappa shape index (κ2) is 8.58. The van der Waals surface area contributed by atoms with E-state index in [-0.39, 0.29) is 17.9 Å². The Kier molecular flexibility index (Phi) is 6.19. The summed E-state index contributed by atoms with van der Waals surface area (Å²) in [6.07, 6.45) is 8.53. The van der Waals surface area contributed by atoms with E-state index in [2.05, 4.69) is 20.2 Å². The molecule has 1 N–H and O–H groups in total. The molecule has 3 heterocycles. The molecule has 1 atom stereocenters. The van der Waals surface area contributed by atoms with Gasteiger partial charge in [-0.05, 0) is 51.6 Å². The first kappa shape index (κ1) is 18.8. The fourth-order valence-corrected chi connectivity index (χ4v) is 3.86. The molecule has 0 bridgehead atoms. The molecule has 142 valence electrons. The van der Waals surface area contributed by atoms with Gasteiger partial charge in [-0.25, -0.2) is 0 Å². The van der Waals surface area contributed by atoms with Gasteiger partial charge < -0.3 is 10.2 Å². The van der Waals surface area contributed by atoms with Crippen molar-refractivity contribution in [3.63, 3.8) is 0 Å². The van der Waals surface area contributed by atoms with Crippen molar-refractivity contribution in [1.82, 2.24) is 25.1 Å². The molecular weight excluding hydrogens is 330 g/mol. The summed E-state index contributed by atoms with van der Waals surface area (Å²) >= 11 is 0. The number of rotatable bonds is 5. The lowest BCUT2D eigenvalue weighted by Gasteiger charge is -2.31. The number of carbonyl (C=O) groups excluding carboxylic acids is 2. The zero-order valence-corrected chi connectivity index (χ0v) is 15.8. The third-order valence-corrected chi connectivity index (χ3v) is 5.58. The van der Waals surface area contributed by atoms with Gasteiger partial charge in [0.25, 0.3) is 0 Å². The van der Waals surface area contributed by atoms with E-state index in [1.54, 1.807) is 13.1 Å². The lowest BCUT2D eigenvalue weighted by atomic mass is 9.92. The average Bonchev–Trinajstić information content (AvgIpc) is 3.07. The number of hydrogen-bond donors (Lipinski definition) is 1. The number of piperidine rings is 1. The van der Waals surface area contributed by atoms with Crippen LogP contribution in [-0.2, 0) is 22.6 Å². The van der Waals surface area contributed by atoms with Crippen molar-refractivity contribution in [2.45, 2.75) is 51.6 Å². The monoisotopic (exact) mass is 359 g/mol. The zero-order chi connectivity index (χ0) is 18.5. The third kappa shape index (κ3) is 4.78. The van der Waals surface area contributed by atoms with Gasteiger partial charge in [0.05, 0.1) is 30.2 Å². The van der Waals surface area contributed by atoms with Gasteiger partial charge in [-0.15, -0.1) is 0 Å².